The molecule has 1 saturated heterocycles. The molecule has 3 heterocycles. The summed E-state index contributed by atoms with van der Waals surface area (Å²) in [6.45, 7) is 3.78. The standard InChI is InChI=1S/C17H22N4O2S/c1-2-4-15-18-16(20-19-15)12-10-21(7-8-23-12)17(22)14-9-11-5-3-6-13(11)24-14/h9,12H,2-8,10H2,1H3,(H,18,19,20). The monoisotopic (exact) mass is 346 g/mol. The minimum absolute atomic E-state index is 0.118. The predicted octanol–water partition coefficient (Wildman–Crippen LogP) is 2.52. The van der Waals surface area contributed by atoms with Gasteiger partial charge >= 0.3 is 0 Å². The van der Waals surface area contributed by atoms with Crippen LogP contribution in [0.25, 0.3) is 0 Å². The lowest BCUT2D eigenvalue weighted by Crippen LogP contribution is -2.42. The average Bonchev–Trinajstić information content (AvgIpc) is 3.30. The number of aromatic amines is 1. The van der Waals surface area contributed by atoms with Gasteiger partial charge in [0.1, 0.15) is 11.9 Å². The number of amides is 1. The highest BCUT2D eigenvalue weighted by atomic mass is 32.1. The molecule has 2 aromatic heterocycles. The Bertz CT molecular complexity index is 717. The van der Waals surface area contributed by atoms with Gasteiger partial charge in [-0.15, -0.1) is 11.3 Å². The lowest BCUT2D eigenvalue weighted by atomic mass is 10.2. The summed E-state index contributed by atoms with van der Waals surface area (Å²) in [7, 11) is 0. The van der Waals surface area contributed by atoms with E-state index in [1.165, 1.54) is 16.9 Å². The van der Waals surface area contributed by atoms with Gasteiger partial charge in [-0.1, -0.05) is 6.92 Å². The van der Waals surface area contributed by atoms with Crippen LogP contribution in [0.3, 0.4) is 0 Å². The molecule has 0 radical (unpaired) electrons. The molecule has 24 heavy (non-hydrogen) atoms. The maximum Gasteiger partial charge on any atom is 0.264 e. The molecule has 2 aliphatic rings. The van der Waals surface area contributed by atoms with Crippen LogP contribution in [0, 0.1) is 0 Å². The maximum atomic E-state index is 12.8. The van der Waals surface area contributed by atoms with Crippen LogP contribution in [0.2, 0.25) is 0 Å². The number of aromatic nitrogens is 3. The van der Waals surface area contributed by atoms with E-state index in [4.69, 9.17) is 4.74 Å². The maximum absolute atomic E-state index is 12.8. The third kappa shape index (κ3) is 2.98. The Labute approximate surface area is 145 Å². The van der Waals surface area contributed by atoms with Crippen LogP contribution in [-0.2, 0) is 24.0 Å². The Morgan fingerprint density at radius 2 is 2.42 bits per heavy atom. The number of carbonyl (C=O) groups excluding carboxylic acids is 1. The van der Waals surface area contributed by atoms with E-state index in [-0.39, 0.29) is 12.0 Å². The van der Waals surface area contributed by atoms with Crippen LogP contribution in [0.15, 0.2) is 6.07 Å². The van der Waals surface area contributed by atoms with Crippen molar-refractivity contribution in [3.05, 3.63) is 33.0 Å². The second-order valence-electron chi connectivity index (χ2n) is 6.41. The molecule has 1 atom stereocenters. The number of aryl methyl sites for hydroxylation is 3. The summed E-state index contributed by atoms with van der Waals surface area (Å²) in [5.41, 5.74) is 1.37. The van der Waals surface area contributed by atoms with Crippen molar-refractivity contribution in [2.45, 2.75) is 45.1 Å². The molecule has 4 rings (SSSR count). The van der Waals surface area contributed by atoms with Gasteiger partial charge in [-0.05, 0) is 37.3 Å². The number of nitrogens with zero attached hydrogens (tertiary/aromatic N) is 3. The second kappa shape index (κ2) is 6.64. The Balaban J connectivity index is 1.46. The molecule has 6 nitrogen and oxygen atoms in total. The molecule has 0 aromatic carbocycles. The van der Waals surface area contributed by atoms with Gasteiger partial charge in [0.15, 0.2) is 5.82 Å². The summed E-state index contributed by atoms with van der Waals surface area (Å²) in [4.78, 5) is 21.5. The molecule has 0 saturated carbocycles. The molecule has 1 fully saturated rings. The predicted molar refractivity (Wildman–Crippen MR) is 91.3 cm³/mol. The van der Waals surface area contributed by atoms with E-state index in [2.05, 4.69) is 28.2 Å². The van der Waals surface area contributed by atoms with E-state index in [0.717, 1.165) is 36.4 Å². The smallest absolute Gasteiger partial charge is 0.264 e. The Morgan fingerprint density at radius 1 is 1.50 bits per heavy atom. The zero-order chi connectivity index (χ0) is 16.5. The van der Waals surface area contributed by atoms with Crippen molar-refractivity contribution in [1.82, 2.24) is 20.1 Å². The number of morpholine rings is 1. The summed E-state index contributed by atoms with van der Waals surface area (Å²) in [6, 6.07) is 2.09. The van der Waals surface area contributed by atoms with E-state index < -0.39 is 0 Å². The van der Waals surface area contributed by atoms with Crippen LogP contribution in [0.4, 0.5) is 0 Å². The Hall–Kier alpha value is -1.73. The van der Waals surface area contributed by atoms with Crippen LogP contribution in [0.1, 0.15) is 57.6 Å². The number of fused-ring (bicyclic) bond motifs is 1. The molecule has 0 spiro atoms. The molecule has 1 N–H and O–H groups in total. The van der Waals surface area contributed by atoms with Crippen LogP contribution in [0.5, 0.6) is 0 Å². The molecule has 1 aliphatic carbocycles. The SMILES string of the molecule is CCCc1nc(C2CN(C(=O)c3cc4c(s3)CCC4)CCO2)n[nH]1. The van der Waals surface area contributed by atoms with Gasteiger partial charge in [-0.25, -0.2) is 4.98 Å². The third-order valence-electron chi connectivity index (χ3n) is 4.63. The normalized spacial score (nSPS) is 20.4. The number of hydrogen-bond acceptors (Lipinski definition) is 5. The van der Waals surface area contributed by atoms with Crippen molar-refractivity contribution in [2.24, 2.45) is 0 Å². The van der Waals surface area contributed by atoms with E-state index in [0.29, 0.717) is 25.5 Å². The first-order valence-corrected chi connectivity index (χ1v) is 9.50. The van der Waals surface area contributed by atoms with E-state index in [1.807, 2.05) is 4.90 Å². The van der Waals surface area contributed by atoms with Gasteiger partial charge in [0.25, 0.3) is 5.91 Å². The van der Waals surface area contributed by atoms with Crippen LogP contribution < -0.4 is 0 Å². The molecule has 1 amide bonds. The highest BCUT2D eigenvalue weighted by molar-refractivity contribution is 7.14. The van der Waals surface area contributed by atoms with Crippen molar-refractivity contribution in [3.63, 3.8) is 0 Å². The van der Waals surface area contributed by atoms with Crippen molar-refractivity contribution < 1.29 is 9.53 Å². The fourth-order valence-electron chi connectivity index (χ4n) is 3.38. The number of rotatable bonds is 4. The van der Waals surface area contributed by atoms with Gasteiger partial charge in [0, 0.05) is 17.8 Å². The summed E-state index contributed by atoms with van der Waals surface area (Å²) in [5.74, 6) is 1.66. The number of H-pyrrole nitrogens is 1. The second-order valence-corrected chi connectivity index (χ2v) is 7.55. The summed E-state index contributed by atoms with van der Waals surface area (Å²) >= 11 is 1.66. The molecule has 2 aromatic rings. The van der Waals surface area contributed by atoms with Crippen molar-refractivity contribution in [1.29, 1.82) is 0 Å². The fourth-order valence-corrected chi connectivity index (χ4v) is 4.60. The third-order valence-corrected chi connectivity index (χ3v) is 5.86. The topological polar surface area (TPSA) is 71.1 Å². The number of nitrogens with one attached hydrogen (secondary N) is 1. The molecule has 7 heteroatoms. The Kier molecular flexibility index (Phi) is 4.37. The van der Waals surface area contributed by atoms with Gasteiger partial charge < -0.3 is 9.64 Å². The lowest BCUT2D eigenvalue weighted by molar-refractivity contribution is -0.0265. The summed E-state index contributed by atoms with van der Waals surface area (Å²) < 4.78 is 5.80. The first-order valence-electron chi connectivity index (χ1n) is 8.68. The van der Waals surface area contributed by atoms with Crippen LogP contribution >= 0.6 is 11.3 Å². The zero-order valence-electron chi connectivity index (χ0n) is 13.9. The summed E-state index contributed by atoms with van der Waals surface area (Å²) in [6.07, 6.45) is 5.12. The van der Waals surface area contributed by atoms with Gasteiger partial charge in [0.2, 0.25) is 0 Å². The van der Waals surface area contributed by atoms with Gasteiger partial charge in [-0.3, -0.25) is 9.89 Å². The number of carbonyl (C=O) groups is 1. The highest BCUT2D eigenvalue weighted by Crippen LogP contribution is 2.32. The molecule has 1 unspecified atom stereocenters. The van der Waals surface area contributed by atoms with Crippen molar-refractivity contribution in [3.8, 4) is 0 Å². The summed E-state index contributed by atoms with van der Waals surface area (Å²) in [5, 5.41) is 7.23. The van der Waals surface area contributed by atoms with E-state index >= 15 is 0 Å². The molecule has 0 bridgehead atoms. The first kappa shape index (κ1) is 15.8. The molecule has 128 valence electrons. The number of ether oxygens (including phenoxy) is 1. The molecular weight excluding hydrogens is 324 g/mol. The fraction of sp³-hybridized carbons (Fsp3) is 0.588. The molecule has 1 aliphatic heterocycles. The van der Waals surface area contributed by atoms with Gasteiger partial charge in [0.05, 0.1) is 18.0 Å². The minimum atomic E-state index is -0.239. The number of hydrogen-bond donors (Lipinski definition) is 1. The van der Waals surface area contributed by atoms with Gasteiger partial charge in [-0.2, -0.15) is 5.10 Å². The average molecular weight is 346 g/mol. The minimum Gasteiger partial charge on any atom is -0.366 e. The van der Waals surface area contributed by atoms with Crippen LogP contribution in [-0.4, -0.2) is 45.7 Å². The van der Waals surface area contributed by atoms with E-state index in [1.54, 1.807) is 11.3 Å². The van der Waals surface area contributed by atoms with Crippen molar-refractivity contribution in [2.75, 3.05) is 19.7 Å². The first-order chi connectivity index (χ1) is 11.7. The Morgan fingerprint density at radius 3 is 3.25 bits per heavy atom. The van der Waals surface area contributed by atoms with Crippen molar-refractivity contribution >= 4 is 17.2 Å². The molecular formula is C17H22N4O2S. The largest absolute Gasteiger partial charge is 0.366 e. The zero-order valence-corrected chi connectivity index (χ0v) is 14.7. The number of thiophene rings is 1. The van der Waals surface area contributed by atoms with E-state index in [9.17, 15) is 4.79 Å². The highest BCUT2D eigenvalue weighted by Gasteiger charge is 2.30. The quantitative estimate of drug-likeness (QED) is 0.923. The lowest BCUT2D eigenvalue weighted by Gasteiger charge is -2.31.